The second-order valence-corrected chi connectivity index (χ2v) is 6.22. The van der Waals surface area contributed by atoms with Gasteiger partial charge in [-0.15, -0.1) is 0 Å². The number of nitrogens with two attached hydrogens (primary N) is 1. The Morgan fingerprint density at radius 1 is 1.53 bits per heavy atom. The lowest BCUT2D eigenvalue weighted by atomic mass is 10.1. The molecule has 0 fully saturated rings. The maximum absolute atomic E-state index is 10.8. The minimum atomic E-state index is -1.31. The molecular formula is C9H9I2NO3. The third kappa shape index (κ3) is 3.45. The van der Waals surface area contributed by atoms with Gasteiger partial charge in [-0.3, -0.25) is 0 Å². The summed E-state index contributed by atoms with van der Waals surface area (Å²) in [5, 5.41) is 18.1. The van der Waals surface area contributed by atoms with Gasteiger partial charge < -0.3 is 15.9 Å². The number of alkyl halides is 1. The third-order valence-corrected chi connectivity index (χ3v) is 3.54. The quantitative estimate of drug-likeness (QED) is 0.386. The molecule has 0 amide bonds. The van der Waals surface area contributed by atoms with Crippen molar-refractivity contribution >= 4 is 51.2 Å². The molecule has 1 aromatic carbocycles. The summed E-state index contributed by atoms with van der Waals surface area (Å²) in [4.78, 5) is 10.8. The van der Waals surface area contributed by atoms with E-state index in [0.29, 0.717) is 3.57 Å². The predicted octanol–water partition coefficient (Wildman–Crippen LogP) is 1.71. The fourth-order valence-electron chi connectivity index (χ4n) is 1.03. The van der Waals surface area contributed by atoms with Crippen molar-refractivity contribution in [3.63, 3.8) is 0 Å². The Morgan fingerprint density at radius 3 is 2.60 bits per heavy atom. The molecule has 1 unspecified atom stereocenters. The molecule has 15 heavy (non-hydrogen) atoms. The first-order chi connectivity index (χ1) is 6.83. The van der Waals surface area contributed by atoms with Crippen LogP contribution in [0.3, 0.4) is 0 Å². The molecule has 6 heteroatoms. The summed E-state index contributed by atoms with van der Waals surface area (Å²) in [7, 11) is 0. The molecule has 0 spiro atoms. The van der Waals surface area contributed by atoms with E-state index in [1.807, 2.05) is 22.6 Å². The van der Waals surface area contributed by atoms with Crippen LogP contribution >= 0.6 is 45.2 Å². The van der Waals surface area contributed by atoms with E-state index in [2.05, 4.69) is 0 Å². The first-order valence-electron chi connectivity index (χ1n) is 4.01. The van der Waals surface area contributed by atoms with E-state index in [4.69, 9.17) is 10.8 Å². The summed E-state index contributed by atoms with van der Waals surface area (Å²) in [6.45, 7) is 0. The topological polar surface area (TPSA) is 83.5 Å². The molecule has 0 aromatic heterocycles. The molecule has 0 radical (unpaired) electrons. The van der Waals surface area contributed by atoms with Crippen LogP contribution in [0.2, 0.25) is 0 Å². The van der Waals surface area contributed by atoms with Crippen LogP contribution in [0.1, 0.15) is 5.56 Å². The van der Waals surface area contributed by atoms with E-state index < -0.39 is 9.51 Å². The first kappa shape index (κ1) is 13.0. The molecule has 4 N–H and O–H groups in total. The smallest absolute Gasteiger partial charge is 0.334 e. The van der Waals surface area contributed by atoms with Crippen molar-refractivity contribution in [2.45, 2.75) is 9.97 Å². The lowest BCUT2D eigenvalue weighted by Crippen LogP contribution is -2.43. The highest BCUT2D eigenvalue weighted by Crippen LogP contribution is 2.24. The van der Waals surface area contributed by atoms with E-state index in [1.54, 1.807) is 34.7 Å². The Bertz CT molecular complexity index is 393. The van der Waals surface area contributed by atoms with Crippen LogP contribution in [-0.4, -0.2) is 19.7 Å². The number of carboxylic acids is 1. The second-order valence-electron chi connectivity index (χ2n) is 3.13. The Hall–Kier alpha value is -0.0900. The number of benzene rings is 1. The van der Waals surface area contributed by atoms with Crippen LogP contribution in [0, 0.1) is 3.57 Å². The standard InChI is InChI=1S/C9H9I2NO3/c10-6-3-5(1-2-7(6)13)4-9(11,12)8(14)15/h1-3,13H,4,12H2,(H,14,15). The number of aliphatic carboxylic acids is 1. The van der Waals surface area contributed by atoms with Crippen LogP contribution in [0.15, 0.2) is 18.2 Å². The van der Waals surface area contributed by atoms with Gasteiger partial charge in [0.2, 0.25) is 0 Å². The van der Waals surface area contributed by atoms with Crippen molar-refractivity contribution in [2.24, 2.45) is 5.73 Å². The molecule has 0 bridgehead atoms. The van der Waals surface area contributed by atoms with E-state index >= 15 is 0 Å². The molecule has 0 aliphatic heterocycles. The zero-order valence-corrected chi connectivity index (χ0v) is 11.9. The van der Waals surface area contributed by atoms with Gasteiger partial charge in [0, 0.05) is 6.42 Å². The highest BCUT2D eigenvalue weighted by molar-refractivity contribution is 14.1. The fraction of sp³-hybridized carbons (Fsp3) is 0.222. The van der Waals surface area contributed by atoms with Crippen LogP contribution in [0.4, 0.5) is 0 Å². The van der Waals surface area contributed by atoms with Gasteiger partial charge in [0.05, 0.1) is 3.57 Å². The number of carbonyl (C=O) groups is 1. The summed E-state index contributed by atoms with van der Waals surface area (Å²) in [5.41, 5.74) is 6.39. The SMILES string of the molecule is NC(I)(Cc1ccc(O)c(I)c1)C(=O)O. The van der Waals surface area contributed by atoms with Crippen LogP contribution in [0.25, 0.3) is 0 Å². The average molecular weight is 433 g/mol. The highest BCUT2D eigenvalue weighted by Gasteiger charge is 2.30. The van der Waals surface area contributed by atoms with Gasteiger partial charge in [-0.25, -0.2) is 4.79 Å². The molecule has 1 rings (SSSR count). The number of aromatic hydroxyl groups is 1. The molecule has 1 aromatic rings. The van der Waals surface area contributed by atoms with Crippen molar-refractivity contribution in [1.82, 2.24) is 0 Å². The minimum absolute atomic E-state index is 0.186. The maximum Gasteiger partial charge on any atom is 0.334 e. The van der Waals surface area contributed by atoms with Crippen LogP contribution < -0.4 is 5.73 Å². The van der Waals surface area contributed by atoms with Crippen molar-refractivity contribution in [3.8, 4) is 5.75 Å². The van der Waals surface area contributed by atoms with Gasteiger partial charge in [-0.1, -0.05) is 6.07 Å². The lowest BCUT2D eigenvalue weighted by Gasteiger charge is -2.17. The fourth-order valence-corrected chi connectivity index (χ4v) is 2.05. The highest BCUT2D eigenvalue weighted by atomic mass is 127. The Morgan fingerprint density at radius 2 is 2.13 bits per heavy atom. The summed E-state index contributed by atoms with van der Waals surface area (Å²) in [5.74, 6) is -0.864. The molecule has 4 nitrogen and oxygen atoms in total. The van der Waals surface area contributed by atoms with E-state index in [-0.39, 0.29) is 12.2 Å². The molecule has 0 heterocycles. The van der Waals surface area contributed by atoms with E-state index in [9.17, 15) is 9.90 Å². The summed E-state index contributed by atoms with van der Waals surface area (Å²) < 4.78 is -0.625. The minimum Gasteiger partial charge on any atom is -0.507 e. The molecule has 1 atom stereocenters. The zero-order chi connectivity index (χ0) is 11.6. The normalized spacial score (nSPS) is 14.6. The van der Waals surface area contributed by atoms with Gasteiger partial charge in [0.15, 0.2) is 3.55 Å². The number of rotatable bonds is 3. The Labute approximate surface area is 114 Å². The monoisotopic (exact) mass is 433 g/mol. The molecule has 0 aliphatic rings. The number of hydrogen-bond acceptors (Lipinski definition) is 3. The van der Waals surface area contributed by atoms with Gasteiger partial charge in [-0.2, -0.15) is 0 Å². The molecule has 0 saturated carbocycles. The van der Waals surface area contributed by atoms with E-state index in [0.717, 1.165) is 5.56 Å². The largest absolute Gasteiger partial charge is 0.507 e. The Balaban J connectivity index is 2.91. The summed E-state index contributed by atoms with van der Waals surface area (Å²) in [6, 6.07) is 4.92. The number of hydrogen-bond donors (Lipinski definition) is 3. The maximum atomic E-state index is 10.8. The summed E-state index contributed by atoms with van der Waals surface area (Å²) >= 11 is 3.68. The van der Waals surface area contributed by atoms with Gasteiger partial charge in [0.25, 0.3) is 0 Å². The number of halogens is 2. The molecular weight excluding hydrogens is 424 g/mol. The molecule has 82 valence electrons. The average Bonchev–Trinajstić information content (AvgIpc) is 2.10. The van der Waals surface area contributed by atoms with Crippen molar-refractivity contribution in [1.29, 1.82) is 0 Å². The number of phenols is 1. The van der Waals surface area contributed by atoms with Crippen LogP contribution in [-0.2, 0) is 11.2 Å². The van der Waals surface area contributed by atoms with Gasteiger partial charge in [0.1, 0.15) is 5.75 Å². The van der Waals surface area contributed by atoms with Gasteiger partial charge >= 0.3 is 5.97 Å². The summed E-state index contributed by atoms with van der Waals surface area (Å²) in [6.07, 6.45) is 0.221. The predicted molar refractivity (Wildman–Crippen MR) is 73.1 cm³/mol. The number of phenolic OH excluding ortho intramolecular Hbond substituents is 1. The molecule has 0 aliphatic carbocycles. The van der Waals surface area contributed by atoms with E-state index in [1.165, 1.54) is 6.07 Å². The Kier molecular flexibility index (Phi) is 4.18. The number of carboxylic acid groups (broad SMARTS) is 1. The lowest BCUT2D eigenvalue weighted by molar-refractivity contribution is -0.139. The first-order valence-corrected chi connectivity index (χ1v) is 6.17. The molecule has 0 saturated heterocycles. The van der Waals surface area contributed by atoms with Crippen molar-refractivity contribution < 1.29 is 15.0 Å². The van der Waals surface area contributed by atoms with Gasteiger partial charge in [-0.05, 0) is 62.9 Å². The van der Waals surface area contributed by atoms with Crippen LogP contribution in [0.5, 0.6) is 5.75 Å². The van der Waals surface area contributed by atoms with Crippen molar-refractivity contribution in [2.75, 3.05) is 0 Å². The third-order valence-electron chi connectivity index (χ3n) is 1.83. The zero-order valence-electron chi connectivity index (χ0n) is 7.58. The second kappa shape index (κ2) is 4.83. The van der Waals surface area contributed by atoms with Crippen molar-refractivity contribution in [3.05, 3.63) is 27.3 Å².